The summed E-state index contributed by atoms with van der Waals surface area (Å²) in [6, 6.07) is 11.4. The molecule has 0 N–H and O–H groups in total. The minimum atomic E-state index is 1.06. The van der Waals surface area contributed by atoms with Gasteiger partial charge in [0.25, 0.3) is 0 Å². The van der Waals surface area contributed by atoms with Gasteiger partial charge < -0.3 is 0 Å². The Morgan fingerprint density at radius 2 is 1.90 bits per heavy atom. The molecule has 1 aliphatic rings. The lowest BCUT2D eigenvalue weighted by molar-refractivity contribution is 0.795. The number of benzene rings is 2. The van der Waals surface area contributed by atoms with E-state index in [9.17, 15) is 0 Å². The van der Waals surface area contributed by atoms with Crippen LogP contribution in [0.1, 0.15) is 42.0 Å². The second kappa shape index (κ2) is 6.19. The lowest BCUT2D eigenvalue weighted by atomic mass is 9.93. The fourth-order valence-electron chi connectivity index (χ4n) is 3.14. The van der Waals surface area contributed by atoms with Crippen LogP contribution in [0.15, 0.2) is 40.9 Å². The van der Waals surface area contributed by atoms with Gasteiger partial charge in [-0.05, 0) is 65.6 Å². The summed E-state index contributed by atoms with van der Waals surface area (Å²) >= 11 is 3.77. The van der Waals surface area contributed by atoms with Crippen molar-refractivity contribution >= 4 is 22.0 Å². The monoisotopic (exact) mass is 340 g/mol. The van der Waals surface area contributed by atoms with E-state index in [2.05, 4.69) is 72.3 Å². The number of aryl methyl sites for hydroxylation is 1. The van der Waals surface area contributed by atoms with Gasteiger partial charge in [-0.1, -0.05) is 65.7 Å². The predicted molar refractivity (Wildman–Crippen MR) is 95.7 cm³/mol. The Kier molecular flexibility index (Phi) is 4.30. The fraction of sp³-hybridized carbons (Fsp3) is 0.300. The molecule has 21 heavy (non-hydrogen) atoms. The summed E-state index contributed by atoms with van der Waals surface area (Å²) in [4.78, 5) is 0. The van der Waals surface area contributed by atoms with E-state index < -0.39 is 0 Å². The average Bonchev–Trinajstić information content (AvgIpc) is 2.95. The molecule has 108 valence electrons. The first kappa shape index (κ1) is 14.6. The molecule has 0 aromatic heterocycles. The summed E-state index contributed by atoms with van der Waals surface area (Å²) in [6.45, 7) is 4.48. The Morgan fingerprint density at radius 1 is 1.14 bits per heavy atom. The van der Waals surface area contributed by atoms with Crippen LogP contribution in [0.4, 0.5) is 0 Å². The van der Waals surface area contributed by atoms with Crippen molar-refractivity contribution in [1.82, 2.24) is 0 Å². The summed E-state index contributed by atoms with van der Waals surface area (Å²) in [5.41, 5.74) is 8.31. The van der Waals surface area contributed by atoms with Crippen LogP contribution in [0.5, 0.6) is 0 Å². The van der Waals surface area contributed by atoms with Crippen molar-refractivity contribution in [1.29, 1.82) is 0 Å². The van der Waals surface area contributed by atoms with Crippen LogP contribution >= 0.6 is 15.9 Å². The topological polar surface area (TPSA) is 0 Å². The summed E-state index contributed by atoms with van der Waals surface area (Å²) in [6.07, 6.45) is 9.28. The average molecular weight is 341 g/mol. The molecular formula is C20H21Br. The molecule has 3 rings (SSSR count). The highest BCUT2D eigenvalue weighted by atomic mass is 79.9. The zero-order valence-corrected chi connectivity index (χ0v) is 14.3. The van der Waals surface area contributed by atoms with Gasteiger partial charge in [-0.3, -0.25) is 0 Å². The molecule has 1 aliphatic carbocycles. The molecule has 0 aliphatic heterocycles. The zero-order valence-electron chi connectivity index (χ0n) is 12.7. The molecule has 0 fully saturated rings. The van der Waals surface area contributed by atoms with Crippen LogP contribution in [0.2, 0.25) is 0 Å². The molecule has 1 heteroatoms. The third-order valence-corrected chi connectivity index (χ3v) is 4.97. The largest absolute Gasteiger partial charge is 0.0795 e. The Hall–Kier alpha value is -1.34. The van der Waals surface area contributed by atoms with E-state index in [1.54, 1.807) is 0 Å². The summed E-state index contributed by atoms with van der Waals surface area (Å²) < 4.78 is 1.21. The third kappa shape index (κ3) is 2.85. The number of hydrogen-bond acceptors (Lipinski definition) is 0. The van der Waals surface area contributed by atoms with E-state index in [0.29, 0.717) is 0 Å². The number of fused-ring (bicyclic) bond motifs is 1. The molecule has 0 bridgehead atoms. The molecule has 0 radical (unpaired) electrons. The maximum atomic E-state index is 3.77. The van der Waals surface area contributed by atoms with Crippen molar-refractivity contribution in [3.8, 4) is 11.1 Å². The molecule has 0 saturated heterocycles. The van der Waals surface area contributed by atoms with Gasteiger partial charge in [-0.25, -0.2) is 0 Å². The highest BCUT2D eigenvalue weighted by molar-refractivity contribution is 9.10. The van der Waals surface area contributed by atoms with Crippen LogP contribution in [-0.4, -0.2) is 0 Å². The van der Waals surface area contributed by atoms with Crippen molar-refractivity contribution in [3.63, 3.8) is 0 Å². The fourth-order valence-corrected chi connectivity index (χ4v) is 3.94. The van der Waals surface area contributed by atoms with Crippen molar-refractivity contribution < 1.29 is 0 Å². The van der Waals surface area contributed by atoms with Crippen LogP contribution in [0.3, 0.4) is 0 Å². The van der Waals surface area contributed by atoms with Gasteiger partial charge in [-0.2, -0.15) is 0 Å². The number of rotatable bonds is 4. The number of halogens is 1. The van der Waals surface area contributed by atoms with Crippen LogP contribution < -0.4 is 0 Å². The first-order valence-electron chi connectivity index (χ1n) is 7.78. The van der Waals surface area contributed by atoms with Gasteiger partial charge in [0.15, 0.2) is 0 Å². The molecule has 2 aromatic carbocycles. The van der Waals surface area contributed by atoms with E-state index in [1.807, 2.05) is 0 Å². The van der Waals surface area contributed by atoms with Gasteiger partial charge in [-0.15, -0.1) is 0 Å². The standard InChI is InChI=1S/C20H21Br/c1-3-4-6-15-9-11-16(12-10-15)20-14(2)18-8-5-7-17(18)13-19(20)21/h5,8-13H,3-4,6-7H2,1-2H3. The van der Waals surface area contributed by atoms with Crippen molar-refractivity contribution in [2.45, 2.75) is 39.5 Å². The van der Waals surface area contributed by atoms with Crippen LogP contribution in [0.25, 0.3) is 17.2 Å². The first-order chi connectivity index (χ1) is 10.2. The molecular weight excluding hydrogens is 320 g/mol. The zero-order chi connectivity index (χ0) is 14.8. The smallest absolute Gasteiger partial charge is 0.0259 e. The van der Waals surface area contributed by atoms with Crippen LogP contribution in [0, 0.1) is 6.92 Å². The molecule has 0 spiro atoms. The van der Waals surface area contributed by atoms with Crippen LogP contribution in [-0.2, 0) is 12.8 Å². The SMILES string of the molecule is CCCCc1ccc(-c2c(Br)cc3c(c2C)C=CC3)cc1. The van der Waals surface area contributed by atoms with E-state index in [4.69, 9.17) is 0 Å². The maximum Gasteiger partial charge on any atom is 0.0259 e. The minimum absolute atomic E-state index is 1.06. The van der Waals surface area contributed by atoms with Gasteiger partial charge in [0, 0.05) is 4.47 Å². The highest BCUT2D eigenvalue weighted by Crippen LogP contribution is 2.38. The molecule has 0 heterocycles. The van der Waals surface area contributed by atoms with Crippen molar-refractivity contribution in [2.75, 3.05) is 0 Å². The molecule has 0 amide bonds. The molecule has 0 atom stereocenters. The van der Waals surface area contributed by atoms with Gasteiger partial charge in [0.05, 0.1) is 0 Å². The van der Waals surface area contributed by atoms with Crippen molar-refractivity contribution in [3.05, 3.63) is 63.1 Å². The Morgan fingerprint density at radius 3 is 2.62 bits per heavy atom. The minimum Gasteiger partial charge on any atom is -0.0795 e. The molecule has 2 aromatic rings. The van der Waals surface area contributed by atoms with Gasteiger partial charge >= 0.3 is 0 Å². The summed E-state index contributed by atoms with van der Waals surface area (Å²) in [5.74, 6) is 0. The summed E-state index contributed by atoms with van der Waals surface area (Å²) in [7, 11) is 0. The van der Waals surface area contributed by atoms with Crippen molar-refractivity contribution in [2.24, 2.45) is 0 Å². The number of hydrogen-bond donors (Lipinski definition) is 0. The third-order valence-electron chi connectivity index (χ3n) is 4.35. The molecule has 0 saturated carbocycles. The predicted octanol–water partition coefficient (Wildman–Crippen LogP) is 6.34. The number of allylic oxidation sites excluding steroid dienone is 1. The number of unbranched alkanes of at least 4 members (excludes halogenated alkanes) is 1. The molecule has 0 nitrogen and oxygen atoms in total. The van der Waals surface area contributed by atoms with E-state index >= 15 is 0 Å². The van der Waals surface area contributed by atoms with E-state index in [1.165, 1.54) is 57.1 Å². The maximum absolute atomic E-state index is 3.77. The second-order valence-electron chi connectivity index (χ2n) is 5.84. The van der Waals surface area contributed by atoms with Gasteiger partial charge in [0.2, 0.25) is 0 Å². The second-order valence-corrected chi connectivity index (χ2v) is 6.69. The lowest BCUT2D eigenvalue weighted by Crippen LogP contribution is -1.93. The van der Waals surface area contributed by atoms with E-state index in [0.717, 1.165) is 6.42 Å². The lowest BCUT2D eigenvalue weighted by Gasteiger charge is -2.14. The van der Waals surface area contributed by atoms with Gasteiger partial charge in [0.1, 0.15) is 0 Å². The van der Waals surface area contributed by atoms with E-state index in [-0.39, 0.29) is 0 Å². The highest BCUT2D eigenvalue weighted by Gasteiger charge is 2.15. The normalized spacial score (nSPS) is 12.7. The molecule has 0 unspecified atom stereocenters. The first-order valence-corrected chi connectivity index (χ1v) is 8.58. The summed E-state index contributed by atoms with van der Waals surface area (Å²) in [5, 5.41) is 0. The Labute approximate surface area is 136 Å². The Balaban J connectivity index is 1.99. The Bertz CT molecular complexity index is 678. The quantitative estimate of drug-likeness (QED) is 0.609.